The van der Waals surface area contributed by atoms with Crippen molar-refractivity contribution in [2.45, 2.75) is 133 Å². The monoisotopic (exact) mass is 792 g/mol. The van der Waals surface area contributed by atoms with Gasteiger partial charge in [-0.2, -0.15) is 0 Å². The van der Waals surface area contributed by atoms with Crippen LogP contribution in [0.4, 0.5) is 0 Å². The first-order valence-electron chi connectivity index (χ1n) is 21.8. The molecule has 9 rings (SSSR count). The van der Waals surface area contributed by atoms with Gasteiger partial charge in [-0.1, -0.05) is 68.0 Å². The van der Waals surface area contributed by atoms with E-state index in [1.807, 2.05) is 48.5 Å². The number of allylic oxidation sites excluding steroid dienone is 1. The highest BCUT2D eigenvalue weighted by atomic mass is 16.8. The fourth-order valence-electron chi connectivity index (χ4n) is 10.8. The number of hydrogen-bond donors (Lipinski definition) is 2. The van der Waals surface area contributed by atoms with E-state index in [1.165, 1.54) is 23.3 Å². The largest absolute Gasteiger partial charge is 0.456 e. The van der Waals surface area contributed by atoms with E-state index in [2.05, 4.69) is 38.2 Å². The normalized spacial score (nSPS) is 33.1. The van der Waals surface area contributed by atoms with Crippen LogP contribution in [0.5, 0.6) is 0 Å². The van der Waals surface area contributed by atoms with Gasteiger partial charge >= 0.3 is 5.97 Å². The first-order chi connectivity index (χ1) is 27.9. The zero-order valence-electron chi connectivity index (χ0n) is 34.5. The number of carbonyl (C=O) groups excluding carboxylic acids is 3. The number of amides is 2. The summed E-state index contributed by atoms with van der Waals surface area (Å²) in [6.45, 7) is 6.94. The number of nitrogens with zero attached hydrogens (tertiary/aromatic N) is 1. The molecule has 2 aromatic carbocycles. The minimum atomic E-state index is -0.833. The maximum atomic E-state index is 14.5. The third-order valence-electron chi connectivity index (χ3n) is 14.6. The number of rotatable bonds is 12. The lowest BCUT2D eigenvalue weighted by Crippen LogP contribution is -2.51. The fourth-order valence-corrected chi connectivity index (χ4v) is 10.8. The van der Waals surface area contributed by atoms with E-state index < -0.39 is 36.1 Å². The number of aliphatic hydroxyl groups is 1. The highest BCUT2D eigenvalue weighted by molar-refractivity contribution is 5.97. The van der Waals surface area contributed by atoms with Crippen LogP contribution < -0.4 is 5.32 Å². The molecule has 0 aromatic heterocycles. The molecular formula is C48H60N2O8. The molecule has 58 heavy (non-hydrogen) atoms. The molecule has 2 heterocycles. The summed E-state index contributed by atoms with van der Waals surface area (Å²) < 4.78 is 26.3. The van der Waals surface area contributed by atoms with Gasteiger partial charge in [0.1, 0.15) is 24.4 Å². The third-order valence-corrected chi connectivity index (χ3v) is 14.6. The molecule has 0 bridgehead atoms. The van der Waals surface area contributed by atoms with Crippen molar-refractivity contribution in [3.05, 3.63) is 88.5 Å². The number of nitrogens with one attached hydrogen (secondary N) is 1. The summed E-state index contributed by atoms with van der Waals surface area (Å²) in [7, 11) is 1.63. The lowest BCUT2D eigenvalue weighted by molar-refractivity contribution is -0.209. The molecule has 6 fully saturated rings. The summed E-state index contributed by atoms with van der Waals surface area (Å²) >= 11 is 0. The Bertz CT molecular complexity index is 1960. The molecule has 2 saturated heterocycles. The topological polar surface area (TPSA) is 127 Å². The quantitative estimate of drug-likeness (QED) is 0.178. The Morgan fingerprint density at radius 3 is 2.43 bits per heavy atom. The maximum absolute atomic E-state index is 14.5. The number of esters is 1. The smallest absolute Gasteiger partial charge is 0.338 e. The number of carbonyl (C=O) groups is 3. The molecule has 1 unspecified atom stereocenters. The molecule has 0 spiro atoms. The molecule has 0 radical (unpaired) electrons. The molecule has 2 aromatic rings. The number of benzene rings is 2. The number of epoxide rings is 1. The molecule has 310 valence electrons. The van der Waals surface area contributed by atoms with Gasteiger partial charge < -0.3 is 34.3 Å². The molecular weight excluding hydrogens is 733 g/mol. The standard InChI is InChI=1S/C48H60N2O8/c1-46(2)28-36-31(13-18-41-47(3,57-41)20-19-37(36)46)23-30-11-8-12-32(24-30)45(54)55-39-26-33(27-40-42(39)58-48(56-40,34-14-15-34)35-16-17-35)44(53)50(4)38(43(52)49-21-22-51)25-29-9-6-5-7-10-29/h5-12,23-24,27,34-42,51H,13-22,25-26,28H2,1-4H3,(H,49,52)/t36-,37-,38-,39-,40-,41?,42+,47-/m1/s1. The first kappa shape index (κ1) is 39.6. The Morgan fingerprint density at radius 1 is 0.966 bits per heavy atom. The number of aliphatic hydroxyl groups excluding tert-OH is 1. The summed E-state index contributed by atoms with van der Waals surface area (Å²) in [6, 6.07) is 16.4. The Labute approximate surface area is 342 Å². The number of fused-ring (bicyclic) bond motifs is 3. The number of ether oxygens (including phenoxy) is 4. The molecule has 4 saturated carbocycles. The van der Waals surface area contributed by atoms with Crippen molar-refractivity contribution in [3.8, 4) is 0 Å². The van der Waals surface area contributed by atoms with E-state index >= 15 is 0 Å². The van der Waals surface area contributed by atoms with E-state index in [4.69, 9.17) is 18.9 Å². The van der Waals surface area contributed by atoms with Gasteiger partial charge in [-0.05, 0) is 111 Å². The Hall–Kier alpha value is -3.83. The van der Waals surface area contributed by atoms with Gasteiger partial charge in [-0.15, -0.1) is 0 Å². The van der Waals surface area contributed by atoms with Crippen LogP contribution >= 0.6 is 0 Å². The Kier molecular flexibility index (Phi) is 10.5. The Morgan fingerprint density at radius 2 is 1.72 bits per heavy atom. The molecule has 2 aliphatic heterocycles. The summed E-state index contributed by atoms with van der Waals surface area (Å²) in [5, 5.41) is 12.2. The fraction of sp³-hybridized carbons (Fsp3) is 0.604. The Balaban J connectivity index is 0.964. The van der Waals surface area contributed by atoms with Crippen LogP contribution in [0.2, 0.25) is 0 Å². The van der Waals surface area contributed by atoms with Crippen molar-refractivity contribution in [2.75, 3.05) is 20.2 Å². The SMILES string of the molecule is CN(C(=O)C1=C[C@H]2OC(C3CC3)(C3CC3)O[C@H]2[C@H](OC(=O)c2cccc(C=C3CCC4O[C@]4(C)CC[C@@H]4[C@@H]3CC4(C)C)c2)C1)[C@H](Cc1ccccc1)C(=O)NCCO. The van der Waals surface area contributed by atoms with Crippen LogP contribution in [-0.4, -0.2) is 89.8 Å². The second kappa shape index (κ2) is 15.3. The number of likely N-dealkylation sites (N-methyl/N-ethyl adjacent to an activating group) is 1. The van der Waals surface area contributed by atoms with E-state index in [0.29, 0.717) is 40.9 Å². The minimum absolute atomic E-state index is 0.0202. The number of hydrogen-bond acceptors (Lipinski definition) is 8. The van der Waals surface area contributed by atoms with Crippen LogP contribution in [0.25, 0.3) is 6.08 Å². The highest BCUT2D eigenvalue weighted by Crippen LogP contribution is 2.61. The molecule has 5 aliphatic carbocycles. The van der Waals surface area contributed by atoms with Crippen molar-refractivity contribution in [3.63, 3.8) is 0 Å². The van der Waals surface area contributed by atoms with Crippen LogP contribution in [-0.2, 0) is 35.0 Å². The predicted molar refractivity (Wildman–Crippen MR) is 218 cm³/mol. The first-order valence-corrected chi connectivity index (χ1v) is 21.8. The van der Waals surface area contributed by atoms with Crippen molar-refractivity contribution < 1.29 is 38.4 Å². The zero-order chi connectivity index (χ0) is 40.4. The van der Waals surface area contributed by atoms with Gasteiger partial charge in [0.25, 0.3) is 0 Å². The average Bonchev–Trinajstić information content (AvgIpc) is 4.13. The van der Waals surface area contributed by atoms with E-state index in [9.17, 15) is 19.5 Å². The molecule has 8 atom stereocenters. The van der Waals surface area contributed by atoms with Crippen molar-refractivity contribution in [1.82, 2.24) is 10.2 Å². The molecule has 2 amide bonds. The van der Waals surface area contributed by atoms with Gasteiger partial charge in [0.15, 0.2) is 5.79 Å². The molecule has 10 nitrogen and oxygen atoms in total. The van der Waals surface area contributed by atoms with Gasteiger partial charge in [0, 0.05) is 43.8 Å². The van der Waals surface area contributed by atoms with Gasteiger partial charge in [-0.25, -0.2) is 4.79 Å². The summed E-state index contributed by atoms with van der Waals surface area (Å²) in [6.07, 6.45) is 12.6. The maximum Gasteiger partial charge on any atom is 0.338 e. The minimum Gasteiger partial charge on any atom is -0.456 e. The third kappa shape index (κ3) is 7.70. The average molecular weight is 793 g/mol. The van der Waals surface area contributed by atoms with Crippen molar-refractivity contribution in [1.29, 1.82) is 0 Å². The van der Waals surface area contributed by atoms with Crippen LogP contribution in [0.15, 0.2) is 71.8 Å². The summed E-state index contributed by atoms with van der Waals surface area (Å²) in [5.74, 6) is -0.166. The van der Waals surface area contributed by atoms with Crippen molar-refractivity contribution >= 4 is 23.9 Å². The second-order valence-electron chi connectivity index (χ2n) is 19.2. The molecule has 10 heteroatoms. The lowest BCUT2D eigenvalue weighted by atomic mass is 9.52. The summed E-state index contributed by atoms with van der Waals surface area (Å²) in [4.78, 5) is 43.6. The molecule has 2 N–H and O–H groups in total. The van der Waals surface area contributed by atoms with Gasteiger partial charge in [0.2, 0.25) is 11.8 Å². The van der Waals surface area contributed by atoms with E-state index in [1.54, 1.807) is 13.1 Å². The molecule has 7 aliphatic rings. The van der Waals surface area contributed by atoms with E-state index in [0.717, 1.165) is 56.1 Å². The predicted octanol–water partition coefficient (Wildman–Crippen LogP) is 6.80. The van der Waals surface area contributed by atoms with Crippen LogP contribution in [0.3, 0.4) is 0 Å². The van der Waals surface area contributed by atoms with Crippen LogP contribution in [0.1, 0.15) is 106 Å². The van der Waals surface area contributed by atoms with Crippen LogP contribution in [0, 0.1) is 29.1 Å². The van der Waals surface area contributed by atoms with Gasteiger partial charge in [0.05, 0.1) is 23.9 Å². The second-order valence-corrected chi connectivity index (χ2v) is 19.2. The van der Waals surface area contributed by atoms with E-state index in [-0.39, 0.29) is 48.8 Å². The summed E-state index contributed by atoms with van der Waals surface area (Å²) in [5.41, 5.74) is 4.54. The van der Waals surface area contributed by atoms with Crippen molar-refractivity contribution in [2.24, 2.45) is 29.1 Å². The van der Waals surface area contributed by atoms with Gasteiger partial charge in [-0.3, -0.25) is 9.59 Å². The zero-order valence-corrected chi connectivity index (χ0v) is 34.5. The highest BCUT2D eigenvalue weighted by Gasteiger charge is 2.65. The lowest BCUT2D eigenvalue weighted by Gasteiger charge is -2.53.